The second-order valence-electron chi connectivity index (χ2n) is 5.46. The van der Waals surface area contributed by atoms with Gasteiger partial charge in [0.15, 0.2) is 0 Å². The number of aromatic nitrogens is 3. The van der Waals surface area contributed by atoms with Crippen molar-refractivity contribution in [1.82, 2.24) is 14.5 Å². The van der Waals surface area contributed by atoms with Crippen LogP contribution in [0.1, 0.15) is 23.4 Å². The van der Waals surface area contributed by atoms with Gasteiger partial charge in [0.2, 0.25) is 5.95 Å². The van der Waals surface area contributed by atoms with Crippen LogP contribution in [0.5, 0.6) is 5.75 Å². The molecule has 0 aliphatic heterocycles. The maximum Gasteiger partial charge on any atom is 0.201 e. The first-order valence-electron chi connectivity index (χ1n) is 7.35. The SMILES string of the molecule is Cc1ccc(O)c(Cn2c(N)nc3ccc(CCC#N)cc32)n1. The number of hydrogen-bond acceptors (Lipinski definition) is 5. The zero-order valence-electron chi connectivity index (χ0n) is 12.8. The van der Waals surface area contributed by atoms with Crippen molar-refractivity contribution >= 4 is 17.0 Å². The van der Waals surface area contributed by atoms with Crippen LogP contribution in [0.15, 0.2) is 30.3 Å². The van der Waals surface area contributed by atoms with Crippen molar-refractivity contribution in [3.05, 3.63) is 47.3 Å². The van der Waals surface area contributed by atoms with Gasteiger partial charge in [-0.05, 0) is 43.2 Å². The molecule has 2 aromatic heterocycles. The molecule has 0 saturated heterocycles. The first kappa shape index (κ1) is 14.9. The van der Waals surface area contributed by atoms with Crippen LogP contribution in [-0.2, 0) is 13.0 Å². The molecule has 0 aliphatic rings. The molecule has 3 aromatic rings. The van der Waals surface area contributed by atoms with Gasteiger partial charge in [-0.2, -0.15) is 5.26 Å². The van der Waals surface area contributed by atoms with Gasteiger partial charge < -0.3 is 15.4 Å². The van der Waals surface area contributed by atoms with Gasteiger partial charge in [0.25, 0.3) is 0 Å². The Kier molecular flexibility index (Phi) is 3.85. The molecular formula is C17H17N5O. The monoisotopic (exact) mass is 307 g/mol. The fourth-order valence-corrected chi connectivity index (χ4v) is 2.58. The molecule has 0 fully saturated rings. The smallest absolute Gasteiger partial charge is 0.201 e. The Labute approximate surface area is 133 Å². The van der Waals surface area contributed by atoms with Crippen LogP contribution >= 0.6 is 0 Å². The van der Waals surface area contributed by atoms with Crippen molar-refractivity contribution in [3.63, 3.8) is 0 Å². The van der Waals surface area contributed by atoms with Crippen LogP contribution in [0.3, 0.4) is 0 Å². The fourth-order valence-electron chi connectivity index (χ4n) is 2.58. The van der Waals surface area contributed by atoms with Crippen molar-refractivity contribution in [2.45, 2.75) is 26.3 Å². The van der Waals surface area contributed by atoms with Gasteiger partial charge >= 0.3 is 0 Å². The maximum atomic E-state index is 9.99. The largest absolute Gasteiger partial charge is 0.506 e. The van der Waals surface area contributed by atoms with E-state index < -0.39 is 0 Å². The second kappa shape index (κ2) is 5.97. The minimum Gasteiger partial charge on any atom is -0.506 e. The van der Waals surface area contributed by atoms with Gasteiger partial charge in [0.05, 0.1) is 23.6 Å². The number of benzene rings is 1. The predicted octanol–water partition coefficient (Wildman–Crippen LogP) is 2.53. The molecule has 0 spiro atoms. The Morgan fingerprint density at radius 3 is 2.87 bits per heavy atom. The molecule has 0 aliphatic carbocycles. The van der Waals surface area contributed by atoms with Crippen LogP contribution in [0.25, 0.3) is 11.0 Å². The number of nitrogens with two attached hydrogens (primary N) is 1. The van der Waals surface area contributed by atoms with Crippen LogP contribution in [0.4, 0.5) is 5.95 Å². The van der Waals surface area contributed by atoms with E-state index in [1.165, 1.54) is 0 Å². The molecule has 3 rings (SSSR count). The van der Waals surface area contributed by atoms with Gasteiger partial charge in [0.1, 0.15) is 11.4 Å². The molecule has 0 radical (unpaired) electrons. The lowest BCUT2D eigenvalue weighted by atomic mass is 10.1. The Bertz CT molecular complexity index is 907. The second-order valence-corrected chi connectivity index (χ2v) is 5.46. The van der Waals surface area contributed by atoms with E-state index in [0.717, 1.165) is 22.3 Å². The Morgan fingerprint density at radius 1 is 1.26 bits per heavy atom. The summed E-state index contributed by atoms with van der Waals surface area (Å²) in [5, 5.41) is 18.7. The minimum atomic E-state index is 0.137. The number of rotatable bonds is 4. The highest BCUT2D eigenvalue weighted by Crippen LogP contribution is 2.24. The van der Waals surface area contributed by atoms with E-state index in [1.807, 2.05) is 29.7 Å². The number of pyridine rings is 1. The Balaban J connectivity index is 2.04. The van der Waals surface area contributed by atoms with Gasteiger partial charge in [-0.15, -0.1) is 0 Å². The summed E-state index contributed by atoms with van der Waals surface area (Å²) < 4.78 is 1.83. The first-order chi connectivity index (χ1) is 11.1. The normalized spacial score (nSPS) is 10.8. The van der Waals surface area contributed by atoms with Crippen LogP contribution < -0.4 is 5.73 Å². The lowest BCUT2D eigenvalue weighted by Crippen LogP contribution is -2.07. The average Bonchev–Trinajstić information content (AvgIpc) is 2.84. The highest BCUT2D eigenvalue weighted by Gasteiger charge is 2.12. The Morgan fingerprint density at radius 2 is 2.09 bits per heavy atom. The highest BCUT2D eigenvalue weighted by atomic mass is 16.3. The van der Waals surface area contributed by atoms with Crippen molar-refractivity contribution in [2.75, 3.05) is 5.73 Å². The molecule has 23 heavy (non-hydrogen) atoms. The number of nitriles is 1. The predicted molar refractivity (Wildman–Crippen MR) is 87.8 cm³/mol. The minimum absolute atomic E-state index is 0.137. The van der Waals surface area contributed by atoms with E-state index in [1.54, 1.807) is 12.1 Å². The summed E-state index contributed by atoms with van der Waals surface area (Å²) >= 11 is 0. The third kappa shape index (κ3) is 2.94. The number of nitrogens with zero attached hydrogens (tertiary/aromatic N) is 4. The van der Waals surface area contributed by atoms with Crippen molar-refractivity contribution in [1.29, 1.82) is 5.26 Å². The number of aryl methyl sites for hydroxylation is 2. The topological polar surface area (TPSA) is 101 Å². The van der Waals surface area contributed by atoms with E-state index in [9.17, 15) is 5.11 Å². The van der Waals surface area contributed by atoms with E-state index in [2.05, 4.69) is 16.0 Å². The lowest BCUT2D eigenvalue weighted by molar-refractivity contribution is 0.461. The van der Waals surface area contributed by atoms with E-state index in [4.69, 9.17) is 11.0 Å². The molecule has 0 bridgehead atoms. The zero-order valence-corrected chi connectivity index (χ0v) is 12.8. The van der Waals surface area contributed by atoms with Gasteiger partial charge in [0, 0.05) is 12.1 Å². The van der Waals surface area contributed by atoms with Gasteiger partial charge in [-0.1, -0.05) is 6.07 Å². The third-order valence-corrected chi connectivity index (χ3v) is 3.76. The number of anilines is 1. The van der Waals surface area contributed by atoms with Crippen LogP contribution in [0, 0.1) is 18.3 Å². The summed E-state index contributed by atoms with van der Waals surface area (Å²) in [6.07, 6.45) is 1.15. The van der Waals surface area contributed by atoms with Crippen LogP contribution in [0.2, 0.25) is 0 Å². The lowest BCUT2D eigenvalue weighted by Gasteiger charge is -2.09. The van der Waals surface area contributed by atoms with Gasteiger partial charge in [-0.25, -0.2) is 4.98 Å². The number of hydrogen-bond donors (Lipinski definition) is 2. The number of nitrogen functional groups attached to an aromatic ring is 1. The standard InChI is InChI=1S/C17H17N5O/c1-11-4-7-16(23)14(20-11)10-22-15-9-12(3-2-8-18)5-6-13(15)21-17(22)19/h4-7,9,23H,2-3,10H2,1H3,(H2,19,21). The summed E-state index contributed by atoms with van der Waals surface area (Å²) in [6.45, 7) is 2.22. The van der Waals surface area contributed by atoms with Crippen molar-refractivity contribution < 1.29 is 5.11 Å². The van der Waals surface area contributed by atoms with Crippen molar-refractivity contribution in [3.8, 4) is 11.8 Å². The van der Waals surface area contributed by atoms with E-state index in [-0.39, 0.29) is 5.75 Å². The molecule has 3 N–H and O–H groups in total. The average molecular weight is 307 g/mol. The van der Waals surface area contributed by atoms with Gasteiger partial charge in [-0.3, -0.25) is 4.98 Å². The molecule has 116 valence electrons. The fraction of sp³-hybridized carbons (Fsp3) is 0.235. The third-order valence-electron chi connectivity index (χ3n) is 3.76. The number of aromatic hydroxyl groups is 1. The first-order valence-corrected chi connectivity index (χ1v) is 7.35. The van der Waals surface area contributed by atoms with Crippen molar-refractivity contribution in [2.24, 2.45) is 0 Å². The molecule has 0 atom stereocenters. The molecule has 6 nitrogen and oxygen atoms in total. The van der Waals surface area contributed by atoms with E-state index >= 15 is 0 Å². The summed E-state index contributed by atoms with van der Waals surface area (Å²) in [5.41, 5.74) is 10.1. The summed E-state index contributed by atoms with van der Waals surface area (Å²) in [5.74, 6) is 0.512. The molecule has 0 saturated carbocycles. The Hall–Kier alpha value is -3.07. The summed E-state index contributed by atoms with van der Waals surface area (Å²) in [4.78, 5) is 8.72. The van der Waals surface area contributed by atoms with E-state index in [0.29, 0.717) is 31.0 Å². The molecular weight excluding hydrogens is 290 g/mol. The molecule has 6 heteroatoms. The molecule has 0 amide bonds. The molecule has 1 aromatic carbocycles. The molecule has 0 unspecified atom stereocenters. The summed E-state index contributed by atoms with van der Waals surface area (Å²) in [7, 11) is 0. The van der Waals surface area contributed by atoms with Crippen LogP contribution in [-0.4, -0.2) is 19.6 Å². The highest BCUT2D eigenvalue weighted by molar-refractivity contribution is 5.79. The number of imidazole rings is 1. The zero-order chi connectivity index (χ0) is 16.4. The quantitative estimate of drug-likeness (QED) is 0.771. The molecule has 2 heterocycles. The summed E-state index contributed by atoms with van der Waals surface area (Å²) in [6, 6.07) is 11.4. The number of fused-ring (bicyclic) bond motifs is 1. The maximum absolute atomic E-state index is 9.99.